The summed E-state index contributed by atoms with van der Waals surface area (Å²) in [6.07, 6.45) is 0. The molecule has 0 atom stereocenters. The van der Waals surface area contributed by atoms with Crippen molar-refractivity contribution in [3.63, 3.8) is 0 Å². The Kier molecular flexibility index (Phi) is 4.57. The molecule has 2 heteroatoms. The van der Waals surface area contributed by atoms with E-state index in [1.165, 1.54) is 5.56 Å². The molecule has 2 aromatic rings. The molecular weight excluding hydrogens is 280 g/mol. The number of aromatic nitrogens is 1. The standard InChI is InChI=1S/C21H22N2/c1-14-11-15(2)18(16(3)12-14)8-9-19-17(13-22)7-10-20(23-19)21(4,5)6/h7,10-12H,1-6H3. The Morgan fingerprint density at radius 2 is 1.57 bits per heavy atom. The third-order valence-corrected chi connectivity index (χ3v) is 3.77. The van der Waals surface area contributed by atoms with E-state index in [1.54, 1.807) is 0 Å². The van der Waals surface area contributed by atoms with Crippen LogP contribution >= 0.6 is 0 Å². The van der Waals surface area contributed by atoms with Crippen LogP contribution in [0.15, 0.2) is 24.3 Å². The number of pyridine rings is 1. The van der Waals surface area contributed by atoms with Gasteiger partial charge in [0.15, 0.2) is 0 Å². The molecule has 0 aliphatic heterocycles. The second kappa shape index (κ2) is 6.27. The summed E-state index contributed by atoms with van der Waals surface area (Å²) in [6, 6.07) is 10.2. The van der Waals surface area contributed by atoms with Gasteiger partial charge in [0.05, 0.1) is 5.56 Å². The average Bonchev–Trinajstić information content (AvgIpc) is 2.44. The van der Waals surface area contributed by atoms with Crippen molar-refractivity contribution in [3.8, 4) is 17.9 Å². The first-order chi connectivity index (χ1) is 10.7. The highest BCUT2D eigenvalue weighted by Gasteiger charge is 2.16. The number of rotatable bonds is 0. The van der Waals surface area contributed by atoms with Gasteiger partial charge in [0.2, 0.25) is 0 Å². The molecule has 116 valence electrons. The molecule has 0 unspecified atom stereocenters. The lowest BCUT2D eigenvalue weighted by Gasteiger charge is -2.17. The zero-order valence-electron chi connectivity index (χ0n) is 14.7. The van der Waals surface area contributed by atoms with Crippen LogP contribution in [0.3, 0.4) is 0 Å². The molecule has 0 amide bonds. The highest BCUT2D eigenvalue weighted by molar-refractivity contribution is 5.53. The van der Waals surface area contributed by atoms with Crippen molar-refractivity contribution < 1.29 is 0 Å². The van der Waals surface area contributed by atoms with Gasteiger partial charge in [0, 0.05) is 16.7 Å². The van der Waals surface area contributed by atoms with E-state index in [-0.39, 0.29) is 5.41 Å². The van der Waals surface area contributed by atoms with Crippen molar-refractivity contribution in [2.45, 2.75) is 47.0 Å². The zero-order valence-corrected chi connectivity index (χ0v) is 14.7. The summed E-state index contributed by atoms with van der Waals surface area (Å²) in [5, 5.41) is 9.30. The third-order valence-electron chi connectivity index (χ3n) is 3.77. The molecule has 0 N–H and O–H groups in total. The zero-order chi connectivity index (χ0) is 17.2. The first-order valence-electron chi connectivity index (χ1n) is 7.74. The Morgan fingerprint density at radius 1 is 0.957 bits per heavy atom. The van der Waals surface area contributed by atoms with E-state index in [9.17, 15) is 5.26 Å². The van der Waals surface area contributed by atoms with Crippen molar-refractivity contribution in [2.24, 2.45) is 0 Å². The van der Waals surface area contributed by atoms with E-state index in [0.717, 1.165) is 22.4 Å². The molecule has 0 aliphatic carbocycles. The van der Waals surface area contributed by atoms with Gasteiger partial charge in [-0.2, -0.15) is 5.26 Å². The highest BCUT2D eigenvalue weighted by atomic mass is 14.7. The summed E-state index contributed by atoms with van der Waals surface area (Å²) < 4.78 is 0. The van der Waals surface area contributed by atoms with Crippen molar-refractivity contribution >= 4 is 0 Å². The Bertz CT molecular complexity index is 827. The van der Waals surface area contributed by atoms with Crippen molar-refractivity contribution in [1.29, 1.82) is 5.26 Å². The van der Waals surface area contributed by atoms with Crippen molar-refractivity contribution in [3.05, 3.63) is 63.5 Å². The van der Waals surface area contributed by atoms with Crippen LogP contribution in [0.5, 0.6) is 0 Å². The molecule has 2 nitrogen and oxygen atoms in total. The number of aryl methyl sites for hydroxylation is 3. The Hall–Kier alpha value is -2.58. The maximum absolute atomic E-state index is 9.30. The van der Waals surface area contributed by atoms with Crippen LogP contribution in [-0.2, 0) is 5.41 Å². The normalized spacial score (nSPS) is 10.7. The minimum atomic E-state index is -0.0693. The van der Waals surface area contributed by atoms with Gasteiger partial charge in [-0.1, -0.05) is 44.4 Å². The maximum atomic E-state index is 9.30. The van der Waals surface area contributed by atoms with E-state index >= 15 is 0 Å². The summed E-state index contributed by atoms with van der Waals surface area (Å²) in [4.78, 5) is 4.61. The smallest absolute Gasteiger partial charge is 0.131 e. The fourth-order valence-electron chi connectivity index (χ4n) is 2.56. The van der Waals surface area contributed by atoms with Gasteiger partial charge < -0.3 is 0 Å². The summed E-state index contributed by atoms with van der Waals surface area (Å²) in [6.45, 7) is 12.5. The summed E-state index contributed by atoms with van der Waals surface area (Å²) >= 11 is 0. The van der Waals surface area contributed by atoms with E-state index < -0.39 is 0 Å². The van der Waals surface area contributed by atoms with Gasteiger partial charge in [-0.25, -0.2) is 4.98 Å². The molecule has 23 heavy (non-hydrogen) atoms. The minimum absolute atomic E-state index is 0.0693. The summed E-state index contributed by atoms with van der Waals surface area (Å²) in [5.74, 6) is 6.32. The van der Waals surface area contributed by atoms with Crippen LogP contribution in [0.2, 0.25) is 0 Å². The Labute approximate surface area is 139 Å². The predicted molar refractivity (Wildman–Crippen MR) is 94.3 cm³/mol. The summed E-state index contributed by atoms with van der Waals surface area (Å²) in [7, 11) is 0. The lowest BCUT2D eigenvalue weighted by Crippen LogP contribution is -2.14. The lowest BCUT2D eigenvalue weighted by molar-refractivity contribution is 0.568. The molecule has 1 aromatic carbocycles. The molecule has 0 saturated heterocycles. The monoisotopic (exact) mass is 302 g/mol. The van der Waals surface area contributed by atoms with Crippen molar-refractivity contribution in [2.75, 3.05) is 0 Å². The predicted octanol–water partition coefficient (Wildman–Crippen LogP) is 4.58. The molecule has 0 spiro atoms. The lowest BCUT2D eigenvalue weighted by atomic mass is 9.91. The molecule has 0 aliphatic rings. The number of nitrogens with zero attached hydrogens (tertiary/aromatic N) is 2. The van der Waals surface area contributed by atoms with E-state index in [0.29, 0.717) is 11.3 Å². The third kappa shape index (κ3) is 3.79. The Balaban J connectivity index is 2.56. The number of hydrogen-bond donors (Lipinski definition) is 0. The van der Waals surface area contributed by atoms with E-state index in [1.807, 2.05) is 12.1 Å². The quantitative estimate of drug-likeness (QED) is 0.668. The molecule has 1 heterocycles. The largest absolute Gasteiger partial charge is 0.242 e. The van der Waals surface area contributed by atoms with Crippen LogP contribution < -0.4 is 0 Å². The first-order valence-corrected chi connectivity index (χ1v) is 7.74. The van der Waals surface area contributed by atoms with E-state index in [2.05, 4.69) is 76.6 Å². The second-order valence-corrected chi connectivity index (χ2v) is 6.98. The van der Waals surface area contributed by atoms with Crippen LogP contribution in [0.1, 0.15) is 60.0 Å². The topological polar surface area (TPSA) is 36.7 Å². The average molecular weight is 302 g/mol. The molecule has 0 fully saturated rings. The van der Waals surface area contributed by atoms with Crippen molar-refractivity contribution in [1.82, 2.24) is 4.98 Å². The maximum Gasteiger partial charge on any atom is 0.131 e. The second-order valence-electron chi connectivity index (χ2n) is 6.98. The molecule has 0 bridgehead atoms. The molecule has 2 rings (SSSR count). The van der Waals surface area contributed by atoms with Gasteiger partial charge in [-0.3, -0.25) is 0 Å². The van der Waals surface area contributed by atoms with Crippen LogP contribution in [0.4, 0.5) is 0 Å². The number of hydrogen-bond acceptors (Lipinski definition) is 2. The first kappa shape index (κ1) is 16.8. The van der Waals surface area contributed by atoms with Gasteiger partial charge in [-0.15, -0.1) is 0 Å². The molecule has 1 aromatic heterocycles. The fraction of sp³-hybridized carbons (Fsp3) is 0.333. The Morgan fingerprint density at radius 3 is 2.09 bits per heavy atom. The van der Waals surface area contributed by atoms with Gasteiger partial charge in [-0.05, 0) is 50.0 Å². The number of benzene rings is 1. The molecule has 0 radical (unpaired) electrons. The minimum Gasteiger partial charge on any atom is -0.242 e. The van der Waals surface area contributed by atoms with Crippen LogP contribution in [-0.4, -0.2) is 4.98 Å². The van der Waals surface area contributed by atoms with Gasteiger partial charge >= 0.3 is 0 Å². The van der Waals surface area contributed by atoms with Crippen LogP contribution in [0.25, 0.3) is 0 Å². The molecular formula is C21H22N2. The number of nitriles is 1. The fourth-order valence-corrected chi connectivity index (χ4v) is 2.56. The molecule has 0 saturated carbocycles. The van der Waals surface area contributed by atoms with Gasteiger partial charge in [0.25, 0.3) is 0 Å². The SMILES string of the molecule is Cc1cc(C)c(C#Cc2nc(C(C)(C)C)ccc2C#N)c(C)c1. The summed E-state index contributed by atoms with van der Waals surface area (Å²) in [5.41, 5.74) is 6.50. The highest BCUT2D eigenvalue weighted by Crippen LogP contribution is 2.21. The van der Waals surface area contributed by atoms with Gasteiger partial charge in [0.1, 0.15) is 11.8 Å². The van der Waals surface area contributed by atoms with E-state index in [4.69, 9.17) is 0 Å². The van der Waals surface area contributed by atoms with Crippen LogP contribution in [0, 0.1) is 43.9 Å².